The number of nitrogens with one attached hydrogen (secondary N) is 2. The van der Waals surface area contributed by atoms with Gasteiger partial charge in [0, 0.05) is 18.0 Å². The van der Waals surface area contributed by atoms with E-state index in [1.165, 1.54) is 17.4 Å². The van der Waals surface area contributed by atoms with Gasteiger partial charge in [0.2, 0.25) is 5.78 Å². The molecule has 1 aromatic heterocycles. The second-order valence-corrected chi connectivity index (χ2v) is 9.63. The Labute approximate surface area is 235 Å². The third-order valence-corrected chi connectivity index (χ3v) is 6.71. The number of carbonyl (C=O) groups excluding carboxylic acids is 2. The lowest BCUT2D eigenvalue weighted by Crippen LogP contribution is -2.42. The fourth-order valence-electron chi connectivity index (χ4n) is 3.49. The molecule has 1 amide bonds. The van der Waals surface area contributed by atoms with Gasteiger partial charge in [-0.1, -0.05) is 42.5 Å². The van der Waals surface area contributed by atoms with Crippen LogP contribution in [-0.2, 0) is 34.0 Å². The Bertz CT molecular complexity index is 1350. The number of carboxylic acids is 2. The number of para-hydroxylation sites is 2. The van der Waals surface area contributed by atoms with Crippen molar-refractivity contribution in [2.45, 2.75) is 31.9 Å². The molecule has 3 aromatic rings. The maximum absolute atomic E-state index is 12.6. The van der Waals surface area contributed by atoms with Gasteiger partial charge in [-0.15, -0.1) is 11.3 Å². The molecule has 0 aliphatic carbocycles. The standard InChI is InChI=1S/C25H24N2O6S.C2HF3O2/c28-18(14-27-24(29)22-12-17-13-26-11-10-21(17)34-22)23(25(30)31)33-20-9-5-4-8-19(20)32-15-16-6-2-1-3-7-16;3-2(4,5)1(6)7/h1-9,12,23,26H,10-11,13-15H2,(H,27,29)(H,30,31);(H,6,7). The number of carboxylic acid groups (broad SMARTS) is 2. The lowest BCUT2D eigenvalue weighted by atomic mass is 10.1. The van der Waals surface area contributed by atoms with Crippen LogP contribution in [0.3, 0.4) is 0 Å². The molecule has 1 aliphatic rings. The van der Waals surface area contributed by atoms with Gasteiger partial charge >= 0.3 is 18.1 Å². The third-order valence-electron chi connectivity index (χ3n) is 5.48. The molecule has 0 saturated carbocycles. The largest absolute Gasteiger partial charge is 0.490 e. The lowest BCUT2D eigenvalue weighted by Gasteiger charge is -2.17. The van der Waals surface area contributed by atoms with Crippen LogP contribution in [0.4, 0.5) is 13.2 Å². The first-order valence-corrected chi connectivity index (χ1v) is 12.9. The number of halogens is 3. The zero-order chi connectivity index (χ0) is 30.0. The summed E-state index contributed by atoms with van der Waals surface area (Å²) >= 11 is 1.39. The second kappa shape index (κ2) is 14.3. The summed E-state index contributed by atoms with van der Waals surface area (Å²) in [4.78, 5) is 47.5. The van der Waals surface area contributed by atoms with E-state index in [1.807, 2.05) is 30.3 Å². The number of thiophene rings is 1. The van der Waals surface area contributed by atoms with Crippen molar-refractivity contribution in [1.82, 2.24) is 10.6 Å². The van der Waals surface area contributed by atoms with Crippen molar-refractivity contribution in [1.29, 1.82) is 0 Å². The number of carbonyl (C=O) groups is 4. The van der Waals surface area contributed by atoms with Crippen molar-refractivity contribution < 1.29 is 52.0 Å². The zero-order valence-corrected chi connectivity index (χ0v) is 22.1. The molecule has 0 spiro atoms. The molecule has 4 rings (SSSR count). The van der Waals surface area contributed by atoms with Crippen molar-refractivity contribution in [2.24, 2.45) is 0 Å². The van der Waals surface area contributed by atoms with Gasteiger partial charge in [0.25, 0.3) is 12.0 Å². The Morgan fingerprint density at radius 2 is 1.63 bits per heavy atom. The smallest absolute Gasteiger partial charge is 0.485 e. The molecule has 1 atom stereocenters. The molecule has 14 heteroatoms. The van der Waals surface area contributed by atoms with E-state index in [0.717, 1.165) is 29.0 Å². The Kier molecular flexibility index (Phi) is 10.8. The van der Waals surface area contributed by atoms with Gasteiger partial charge in [-0.05, 0) is 35.7 Å². The molecule has 10 nitrogen and oxygen atoms in total. The zero-order valence-electron chi connectivity index (χ0n) is 21.3. The molecule has 4 N–H and O–H groups in total. The van der Waals surface area contributed by atoms with Gasteiger partial charge in [0.1, 0.15) is 6.61 Å². The minimum Gasteiger partial charge on any atom is -0.485 e. The van der Waals surface area contributed by atoms with Gasteiger partial charge in [0.05, 0.1) is 11.4 Å². The highest BCUT2D eigenvalue weighted by Gasteiger charge is 2.38. The lowest BCUT2D eigenvalue weighted by molar-refractivity contribution is -0.192. The van der Waals surface area contributed by atoms with Crippen LogP contribution >= 0.6 is 11.3 Å². The molecule has 1 aliphatic heterocycles. The summed E-state index contributed by atoms with van der Waals surface area (Å²) in [6.07, 6.45) is -6.02. The van der Waals surface area contributed by atoms with E-state index in [1.54, 1.807) is 24.3 Å². The van der Waals surface area contributed by atoms with E-state index in [2.05, 4.69) is 10.6 Å². The molecule has 2 heterocycles. The molecule has 1 unspecified atom stereocenters. The predicted octanol–water partition coefficient (Wildman–Crippen LogP) is 3.44. The van der Waals surface area contributed by atoms with E-state index in [9.17, 15) is 32.7 Å². The summed E-state index contributed by atoms with van der Waals surface area (Å²) in [5, 5.41) is 22.5. The third kappa shape index (κ3) is 9.32. The Hall–Kier alpha value is -4.43. The number of hydrogen-bond donors (Lipinski definition) is 4. The highest BCUT2D eigenvalue weighted by atomic mass is 32.1. The van der Waals surface area contributed by atoms with Crippen molar-refractivity contribution >= 4 is 35.0 Å². The number of aliphatic carboxylic acids is 2. The molecule has 0 bridgehead atoms. The molecule has 0 saturated heterocycles. The van der Waals surface area contributed by atoms with Crippen LogP contribution in [0.1, 0.15) is 25.7 Å². The monoisotopic (exact) mass is 594 g/mol. The summed E-state index contributed by atoms with van der Waals surface area (Å²) in [7, 11) is 0. The summed E-state index contributed by atoms with van der Waals surface area (Å²) in [5.74, 6) is -4.95. The topological polar surface area (TPSA) is 151 Å². The Balaban J connectivity index is 0.000000587. The van der Waals surface area contributed by atoms with Crippen LogP contribution in [0.25, 0.3) is 0 Å². The number of amides is 1. The number of ketones is 1. The first kappa shape index (κ1) is 31.1. The van der Waals surface area contributed by atoms with E-state index in [4.69, 9.17) is 19.4 Å². The van der Waals surface area contributed by atoms with Gasteiger partial charge in [-0.2, -0.15) is 13.2 Å². The first-order valence-electron chi connectivity index (χ1n) is 12.0. The number of benzene rings is 2. The average molecular weight is 595 g/mol. The fraction of sp³-hybridized carbons (Fsp3) is 0.259. The van der Waals surface area contributed by atoms with Crippen LogP contribution < -0.4 is 20.1 Å². The van der Waals surface area contributed by atoms with Gasteiger partial charge < -0.3 is 30.3 Å². The average Bonchev–Trinajstić information content (AvgIpc) is 3.39. The quantitative estimate of drug-likeness (QED) is 0.259. The van der Waals surface area contributed by atoms with Crippen LogP contribution in [0.2, 0.25) is 0 Å². The summed E-state index contributed by atoms with van der Waals surface area (Å²) < 4.78 is 43.0. The highest BCUT2D eigenvalue weighted by Crippen LogP contribution is 2.29. The molecular formula is C27H25F3N2O8S. The minimum absolute atomic E-state index is 0.129. The number of rotatable bonds is 10. The molecule has 0 fully saturated rings. The van der Waals surface area contributed by atoms with Gasteiger partial charge in [0.15, 0.2) is 11.5 Å². The van der Waals surface area contributed by atoms with Crippen LogP contribution in [0.15, 0.2) is 60.7 Å². The molecular weight excluding hydrogens is 569 g/mol. The Morgan fingerprint density at radius 3 is 2.24 bits per heavy atom. The maximum atomic E-state index is 12.6. The number of Topliss-reactive ketones (excluding diaryl/α,β-unsaturated/α-hetero) is 1. The van der Waals surface area contributed by atoms with E-state index >= 15 is 0 Å². The van der Waals surface area contributed by atoms with Crippen LogP contribution in [0.5, 0.6) is 11.5 Å². The number of hydrogen-bond acceptors (Lipinski definition) is 8. The van der Waals surface area contributed by atoms with Gasteiger partial charge in [-0.3, -0.25) is 9.59 Å². The second-order valence-electron chi connectivity index (χ2n) is 8.49. The summed E-state index contributed by atoms with van der Waals surface area (Å²) in [5.41, 5.74) is 2.00. The van der Waals surface area contributed by atoms with E-state index in [-0.39, 0.29) is 12.4 Å². The summed E-state index contributed by atoms with van der Waals surface area (Å²) in [6, 6.07) is 17.8. The number of fused-ring (bicyclic) bond motifs is 1. The normalized spacial score (nSPS) is 13.0. The highest BCUT2D eigenvalue weighted by molar-refractivity contribution is 7.14. The van der Waals surface area contributed by atoms with Crippen LogP contribution in [-0.4, -0.2) is 59.2 Å². The molecule has 2 aromatic carbocycles. The van der Waals surface area contributed by atoms with Crippen LogP contribution in [0, 0.1) is 0 Å². The molecule has 41 heavy (non-hydrogen) atoms. The Morgan fingerprint density at radius 1 is 1.00 bits per heavy atom. The first-order chi connectivity index (χ1) is 19.5. The summed E-state index contributed by atoms with van der Waals surface area (Å²) in [6.45, 7) is 1.35. The van der Waals surface area contributed by atoms with Crippen molar-refractivity contribution in [3.63, 3.8) is 0 Å². The molecule has 0 radical (unpaired) electrons. The maximum Gasteiger partial charge on any atom is 0.490 e. The number of alkyl halides is 3. The number of ether oxygens (including phenoxy) is 2. The minimum atomic E-state index is -5.08. The van der Waals surface area contributed by atoms with Crippen molar-refractivity contribution in [3.05, 3.63) is 81.5 Å². The van der Waals surface area contributed by atoms with Crippen molar-refractivity contribution in [2.75, 3.05) is 13.1 Å². The van der Waals surface area contributed by atoms with Crippen molar-refractivity contribution in [3.8, 4) is 11.5 Å². The van der Waals surface area contributed by atoms with E-state index < -0.39 is 42.5 Å². The van der Waals surface area contributed by atoms with Gasteiger partial charge in [-0.25, -0.2) is 9.59 Å². The van der Waals surface area contributed by atoms with E-state index in [0.29, 0.717) is 17.2 Å². The predicted molar refractivity (Wildman–Crippen MR) is 140 cm³/mol. The fourth-order valence-corrected chi connectivity index (χ4v) is 4.59. The SMILES string of the molecule is O=C(NCC(=O)C(Oc1ccccc1OCc1ccccc1)C(=O)O)c1cc2c(s1)CCNC2.O=C(O)C(F)(F)F. The molecule has 218 valence electrons.